The molecule has 1 heterocycles. The van der Waals surface area contributed by atoms with Crippen LogP contribution in [0.25, 0.3) is 0 Å². The molecule has 1 aromatic rings. The molecule has 1 fully saturated rings. The topological polar surface area (TPSA) is 73.9 Å². The normalized spacial score (nSPS) is 16.7. The average molecular weight is 460 g/mol. The van der Waals surface area contributed by atoms with E-state index in [2.05, 4.69) is 53.3 Å². The fourth-order valence-corrected chi connectivity index (χ4v) is 2.90. The molecule has 1 aromatic carbocycles. The summed E-state index contributed by atoms with van der Waals surface area (Å²) >= 11 is 0. The van der Waals surface area contributed by atoms with Crippen LogP contribution in [0.15, 0.2) is 29.3 Å². The third-order valence-corrected chi connectivity index (χ3v) is 4.52. The van der Waals surface area contributed by atoms with Crippen LogP contribution < -0.4 is 11.1 Å². The summed E-state index contributed by atoms with van der Waals surface area (Å²) in [7, 11) is 0. The first-order chi connectivity index (χ1) is 11.5. The number of rotatable bonds is 7. The highest BCUT2D eigenvalue weighted by Gasteiger charge is 2.17. The average Bonchev–Trinajstić information content (AvgIpc) is 2.56. The summed E-state index contributed by atoms with van der Waals surface area (Å²) in [5, 5.41) is 12.8. The van der Waals surface area contributed by atoms with Gasteiger partial charge in [-0.15, -0.1) is 24.0 Å². The van der Waals surface area contributed by atoms with Crippen LogP contribution in [0.3, 0.4) is 0 Å². The van der Waals surface area contributed by atoms with Gasteiger partial charge < -0.3 is 16.2 Å². The number of likely N-dealkylation sites (tertiary alicyclic amines) is 1. The maximum atomic E-state index is 9.63. The van der Waals surface area contributed by atoms with Crippen molar-refractivity contribution in [1.29, 1.82) is 0 Å². The minimum absolute atomic E-state index is 0. The number of nitrogens with one attached hydrogen (secondary N) is 1. The van der Waals surface area contributed by atoms with Gasteiger partial charge in [0, 0.05) is 26.2 Å². The molecule has 0 aliphatic carbocycles. The zero-order valence-corrected chi connectivity index (χ0v) is 17.8. The van der Waals surface area contributed by atoms with Crippen molar-refractivity contribution in [2.75, 3.05) is 19.6 Å². The lowest BCUT2D eigenvalue weighted by atomic mass is 10.0. The molecule has 5 nitrogen and oxygen atoms in total. The maximum Gasteiger partial charge on any atom is 0.188 e. The van der Waals surface area contributed by atoms with Gasteiger partial charge in [-0.25, -0.2) is 4.99 Å². The molecular formula is C19H33IN4O. The van der Waals surface area contributed by atoms with E-state index >= 15 is 0 Å². The Morgan fingerprint density at radius 2 is 1.92 bits per heavy atom. The van der Waals surface area contributed by atoms with Crippen LogP contribution in [-0.2, 0) is 13.1 Å². The number of hydrogen-bond acceptors (Lipinski definition) is 3. The van der Waals surface area contributed by atoms with Gasteiger partial charge in [0.2, 0.25) is 0 Å². The van der Waals surface area contributed by atoms with Crippen molar-refractivity contribution in [2.24, 2.45) is 16.6 Å². The van der Waals surface area contributed by atoms with Gasteiger partial charge in [0.1, 0.15) is 0 Å². The van der Waals surface area contributed by atoms with Crippen LogP contribution in [-0.4, -0.2) is 41.7 Å². The van der Waals surface area contributed by atoms with E-state index in [9.17, 15) is 5.11 Å². The molecular weight excluding hydrogens is 427 g/mol. The van der Waals surface area contributed by atoms with E-state index in [0.29, 0.717) is 18.4 Å². The number of aliphatic hydroxyl groups excluding tert-OH is 1. The molecule has 0 radical (unpaired) electrons. The third kappa shape index (κ3) is 8.37. The molecule has 142 valence electrons. The van der Waals surface area contributed by atoms with E-state index in [1.165, 1.54) is 11.1 Å². The Bertz CT molecular complexity index is 528. The highest BCUT2D eigenvalue weighted by atomic mass is 127. The van der Waals surface area contributed by atoms with E-state index in [0.717, 1.165) is 45.4 Å². The fraction of sp³-hybridized carbons (Fsp3) is 0.632. The second-order valence-electron chi connectivity index (χ2n) is 7.09. The van der Waals surface area contributed by atoms with Crippen LogP contribution >= 0.6 is 24.0 Å². The monoisotopic (exact) mass is 460 g/mol. The first kappa shape index (κ1) is 22.2. The first-order valence-corrected chi connectivity index (χ1v) is 9.05. The standard InChI is InChI=1S/C19H32N4O.HI/c1-15(2)7-10-21-19(20)22-13-16-5-3-4-6-17(16)14-23-11-8-18(24)9-12-23;/h3-6,15,18,24H,7-14H2,1-2H3,(H3,20,21,22);1H. The number of aliphatic imine (C=N–C) groups is 1. The number of nitrogens with two attached hydrogens (primary N) is 1. The predicted molar refractivity (Wildman–Crippen MR) is 115 cm³/mol. The van der Waals surface area contributed by atoms with Crippen molar-refractivity contribution in [3.63, 3.8) is 0 Å². The zero-order chi connectivity index (χ0) is 17.4. The second-order valence-corrected chi connectivity index (χ2v) is 7.09. The number of piperidine rings is 1. The number of guanidine groups is 1. The van der Waals surface area contributed by atoms with Crippen LogP contribution in [0.4, 0.5) is 0 Å². The Balaban J connectivity index is 0.00000312. The molecule has 1 aliphatic rings. The molecule has 4 N–H and O–H groups in total. The highest BCUT2D eigenvalue weighted by Crippen LogP contribution is 2.17. The van der Waals surface area contributed by atoms with Gasteiger partial charge in [-0.3, -0.25) is 4.90 Å². The van der Waals surface area contributed by atoms with Crippen molar-refractivity contribution >= 4 is 29.9 Å². The molecule has 0 amide bonds. The molecule has 2 rings (SSSR count). The van der Waals surface area contributed by atoms with Gasteiger partial charge in [0.25, 0.3) is 0 Å². The Morgan fingerprint density at radius 1 is 1.28 bits per heavy atom. The fourth-order valence-electron chi connectivity index (χ4n) is 2.90. The SMILES string of the molecule is CC(C)CCNC(N)=NCc1ccccc1CN1CCC(O)CC1.I. The van der Waals surface area contributed by atoms with Crippen LogP contribution in [0.1, 0.15) is 44.2 Å². The van der Waals surface area contributed by atoms with E-state index < -0.39 is 0 Å². The second kappa shape index (κ2) is 11.7. The number of benzene rings is 1. The Labute approximate surface area is 169 Å². The number of aliphatic hydroxyl groups is 1. The summed E-state index contributed by atoms with van der Waals surface area (Å²) in [6, 6.07) is 8.42. The van der Waals surface area contributed by atoms with E-state index in [1.54, 1.807) is 0 Å². The lowest BCUT2D eigenvalue weighted by Gasteiger charge is -2.30. The largest absolute Gasteiger partial charge is 0.393 e. The van der Waals surface area contributed by atoms with Gasteiger partial charge in [0.05, 0.1) is 12.6 Å². The minimum Gasteiger partial charge on any atom is -0.393 e. The third-order valence-electron chi connectivity index (χ3n) is 4.52. The van der Waals surface area contributed by atoms with Gasteiger partial charge >= 0.3 is 0 Å². The molecule has 25 heavy (non-hydrogen) atoms. The van der Waals surface area contributed by atoms with E-state index in [-0.39, 0.29) is 30.1 Å². The van der Waals surface area contributed by atoms with E-state index in [4.69, 9.17) is 5.73 Å². The van der Waals surface area contributed by atoms with E-state index in [1.807, 2.05) is 0 Å². The predicted octanol–water partition coefficient (Wildman–Crippen LogP) is 2.71. The summed E-state index contributed by atoms with van der Waals surface area (Å²) in [6.07, 6.45) is 2.70. The molecule has 0 bridgehead atoms. The van der Waals surface area contributed by atoms with Crippen LogP contribution in [0.5, 0.6) is 0 Å². The summed E-state index contributed by atoms with van der Waals surface area (Å²) in [4.78, 5) is 6.88. The van der Waals surface area contributed by atoms with Crippen LogP contribution in [0.2, 0.25) is 0 Å². The highest BCUT2D eigenvalue weighted by molar-refractivity contribution is 14.0. The van der Waals surface area contributed by atoms with Crippen molar-refractivity contribution in [3.05, 3.63) is 35.4 Å². The van der Waals surface area contributed by atoms with Gasteiger partial charge in [-0.1, -0.05) is 38.1 Å². The Hall–Kier alpha value is -0.860. The quantitative estimate of drug-likeness (QED) is 0.333. The summed E-state index contributed by atoms with van der Waals surface area (Å²) in [6.45, 7) is 8.70. The van der Waals surface area contributed by atoms with Crippen molar-refractivity contribution in [3.8, 4) is 0 Å². The van der Waals surface area contributed by atoms with Gasteiger partial charge in [-0.05, 0) is 36.3 Å². The molecule has 0 unspecified atom stereocenters. The molecule has 0 saturated carbocycles. The molecule has 0 aromatic heterocycles. The maximum absolute atomic E-state index is 9.63. The zero-order valence-electron chi connectivity index (χ0n) is 15.4. The Kier molecular flexibility index (Phi) is 10.4. The summed E-state index contributed by atoms with van der Waals surface area (Å²) in [5.41, 5.74) is 8.48. The summed E-state index contributed by atoms with van der Waals surface area (Å²) in [5.74, 6) is 1.18. The molecule has 0 atom stereocenters. The van der Waals surface area contributed by atoms with Crippen molar-refractivity contribution in [1.82, 2.24) is 10.2 Å². The molecule has 1 saturated heterocycles. The molecule has 6 heteroatoms. The van der Waals surface area contributed by atoms with Gasteiger partial charge in [-0.2, -0.15) is 0 Å². The number of hydrogen-bond donors (Lipinski definition) is 3. The Morgan fingerprint density at radius 3 is 2.56 bits per heavy atom. The van der Waals surface area contributed by atoms with Crippen molar-refractivity contribution < 1.29 is 5.11 Å². The summed E-state index contributed by atoms with van der Waals surface area (Å²) < 4.78 is 0. The van der Waals surface area contributed by atoms with Crippen LogP contribution in [0, 0.1) is 5.92 Å². The molecule has 1 aliphatic heterocycles. The van der Waals surface area contributed by atoms with Crippen molar-refractivity contribution in [2.45, 2.75) is 52.3 Å². The lowest BCUT2D eigenvalue weighted by molar-refractivity contribution is 0.0791. The van der Waals surface area contributed by atoms with Gasteiger partial charge in [0.15, 0.2) is 5.96 Å². The number of nitrogens with zero attached hydrogens (tertiary/aromatic N) is 2. The number of halogens is 1. The lowest BCUT2D eigenvalue weighted by Crippen LogP contribution is -2.35. The first-order valence-electron chi connectivity index (χ1n) is 9.05. The molecule has 0 spiro atoms. The minimum atomic E-state index is -0.127. The smallest absolute Gasteiger partial charge is 0.188 e.